The van der Waals surface area contributed by atoms with Gasteiger partial charge in [0.2, 0.25) is 0 Å². The molecule has 0 aromatic heterocycles. The highest BCUT2D eigenvalue weighted by Gasteiger charge is 2.59. The van der Waals surface area contributed by atoms with Gasteiger partial charge in [0.15, 0.2) is 33.3 Å². The minimum absolute atomic E-state index is 0.467. The van der Waals surface area contributed by atoms with Crippen LogP contribution in [-0.2, 0) is 0 Å². The quantitative estimate of drug-likeness (QED) is 0.177. The molecule has 4 N–H and O–H groups in total. The highest BCUT2D eigenvalue weighted by atomic mass is 33.7. The fraction of sp³-hybridized carbons (Fsp3) is 1.00. The predicted octanol–water partition coefficient (Wildman–Crippen LogP) is 4.91. The van der Waals surface area contributed by atoms with Crippen LogP contribution in [0, 0.1) is 0 Å². The van der Waals surface area contributed by atoms with Crippen LogP contribution in [-0.4, -0.2) is 60.4 Å². The number of rotatable bonds is 11. The fourth-order valence-corrected chi connectivity index (χ4v) is 39.8. The Morgan fingerprint density at radius 2 is 0.731 bits per heavy atom. The van der Waals surface area contributed by atoms with Gasteiger partial charge in [-0.15, -0.1) is 0 Å². The highest BCUT2D eigenvalue weighted by Crippen LogP contribution is 2.59. The van der Waals surface area contributed by atoms with Gasteiger partial charge in [-0.2, -0.15) is 0 Å². The standard InChI is InChI=1S/C14H38O4S4Si4/c1-11-13(23(3,4)15,24(5,6)16)19-21-22-20-14(12-2,25(7,8)17)26(9,10)18/h15-18H,11-12H2,1-10H3. The second-order valence-electron chi connectivity index (χ2n) is 8.90. The molecule has 0 spiro atoms. The SMILES string of the molecule is CCC(SSSSC(CC)([Si](C)(C)O)[Si](C)(C)O)([Si](C)(C)O)[Si](C)(C)O. The molecule has 0 rings (SSSR count). The van der Waals surface area contributed by atoms with Crippen LogP contribution >= 0.6 is 41.2 Å². The Kier molecular flexibility index (Phi) is 10.3. The predicted molar refractivity (Wildman–Crippen MR) is 135 cm³/mol. The molecule has 0 unspecified atom stereocenters. The van der Waals surface area contributed by atoms with Crippen molar-refractivity contribution in [3.8, 4) is 0 Å². The van der Waals surface area contributed by atoms with Crippen LogP contribution in [0.2, 0.25) is 52.4 Å². The van der Waals surface area contributed by atoms with Crippen LogP contribution in [0.25, 0.3) is 0 Å². The van der Waals surface area contributed by atoms with E-state index < -0.39 is 41.3 Å². The maximum Gasteiger partial charge on any atom is 0.198 e. The monoisotopic (exact) mass is 510 g/mol. The Morgan fingerprint density at radius 3 is 0.846 bits per heavy atom. The summed E-state index contributed by atoms with van der Waals surface area (Å²) >= 11 is 0. The van der Waals surface area contributed by atoms with Crippen molar-refractivity contribution < 1.29 is 19.2 Å². The Morgan fingerprint density at radius 1 is 0.538 bits per heavy atom. The second kappa shape index (κ2) is 9.50. The lowest BCUT2D eigenvalue weighted by molar-refractivity contribution is 0.487. The first-order valence-electron chi connectivity index (χ1n) is 8.92. The van der Waals surface area contributed by atoms with Crippen molar-refractivity contribution in [3.63, 3.8) is 0 Å². The van der Waals surface area contributed by atoms with E-state index in [1.54, 1.807) is 41.2 Å². The third kappa shape index (κ3) is 5.84. The van der Waals surface area contributed by atoms with Crippen molar-refractivity contribution in [2.75, 3.05) is 0 Å². The van der Waals surface area contributed by atoms with Gasteiger partial charge in [0.1, 0.15) is 0 Å². The maximum atomic E-state index is 10.9. The minimum Gasteiger partial charge on any atom is -0.431 e. The lowest BCUT2D eigenvalue weighted by Gasteiger charge is -2.48. The van der Waals surface area contributed by atoms with Crippen molar-refractivity contribution in [1.29, 1.82) is 0 Å². The lowest BCUT2D eigenvalue weighted by atomic mass is 10.6. The molecular weight excluding hydrogens is 473 g/mol. The summed E-state index contributed by atoms with van der Waals surface area (Å²) in [5.74, 6) is 0. The molecule has 0 saturated carbocycles. The van der Waals surface area contributed by atoms with E-state index >= 15 is 0 Å². The summed E-state index contributed by atoms with van der Waals surface area (Å²) in [5.41, 5.74) is 0. The van der Waals surface area contributed by atoms with Gasteiger partial charge in [-0.05, 0) is 84.9 Å². The van der Waals surface area contributed by atoms with E-state index in [1.807, 2.05) is 66.2 Å². The largest absolute Gasteiger partial charge is 0.431 e. The summed E-state index contributed by atoms with van der Waals surface area (Å²) < 4.78 is -0.934. The molecule has 4 nitrogen and oxygen atoms in total. The van der Waals surface area contributed by atoms with E-state index in [4.69, 9.17) is 0 Å². The molecule has 0 saturated heterocycles. The molecule has 0 aliphatic heterocycles. The van der Waals surface area contributed by atoms with Crippen molar-refractivity contribution in [2.45, 2.75) is 87.1 Å². The summed E-state index contributed by atoms with van der Waals surface area (Å²) in [6.45, 7) is 19.4. The minimum atomic E-state index is -2.60. The summed E-state index contributed by atoms with van der Waals surface area (Å²) in [7, 11) is -4.03. The van der Waals surface area contributed by atoms with Gasteiger partial charge in [0.25, 0.3) is 0 Å². The van der Waals surface area contributed by atoms with Crippen LogP contribution < -0.4 is 0 Å². The van der Waals surface area contributed by atoms with Gasteiger partial charge in [-0.3, -0.25) is 0 Å². The molecular formula is C14H38O4S4Si4. The van der Waals surface area contributed by atoms with Gasteiger partial charge >= 0.3 is 0 Å². The molecule has 0 aliphatic rings. The Bertz CT molecular complexity index is 386. The summed E-state index contributed by atoms with van der Waals surface area (Å²) in [6, 6.07) is 0. The van der Waals surface area contributed by atoms with Gasteiger partial charge in [0, 0.05) is 0 Å². The van der Waals surface area contributed by atoms with Crippen LogP contribution in [0.1, 0.15) is 26.7 Å². The highest BCUT2D eigenvalue weighted by molar-refractivity contribution is 9.26. The van der Waals surface area contributed by atoms with Crippen LogP contribution in [0.5, 0.6) is 0 Å². The first kappa shape index (κ1) is 28.1. The Labute approximate surface area is 179 Å². The average Bonchev–Trinajstić information content (AvgIpc) is 2.37. The summed E-state index contributed by atoms with van der Waals surface area (Å²) in [6.07, 6.45) is 1.47. The smallest absolute Gasteiger partial charge is 0.198 e. The van der Waals surface area contributed by atoms with Crippen LogP contribution in [0.4, 0.5) is 0 Å². The molecule has 0 aliphatic carbocycles. The van der Waals surface area contributed by atoms with Gasteiger partial charge in [-0.1, -0.05) is 35.4 Å². The normalized spacial score (nSPS) is 15.5. The third-order valence-electron chi connectivity index (χ3n) is 5.33. The average molecular weight is 511 g/mol. The van der Waals surface area contributed by atoms with E-state index in [0.29, 0.717) is 0 Å². The Balaban J connectivity index is 5.42. The first-order valence-corrected chi connectivity index (χ1v) is 25.5. The van der Waals surface area contributed by atoms with Crippen molar-refractivity contribution in [1.82, 2.24) is 0 Å². The van der Waals surface area contributed by atoms with Crippen molar-refractivity contribution in [2.24, 2.45) is 0 Å². The molecule has 12 heteroatoms. The molecule has 0 atom stereocenters. The maximum absolute atomic E-state index is 10.9. The topological polar surface area (TPSA) is 80.9 Å². The van der Waals surface area contributed by atoms with E-state index in [1.165, 1.54) is 0 Å². The zero-order chi connectivity index (χ0) is 21.2. The van der Waals surface area contributed by atoms with Crippen molar-refractivity contribution >= 4 is 74.5 Å². The van der Waals surface area contributed by atoms with E-state index in [0.717, 1.165) is 12.8 Å². The van der Waals surface area contributed by atoms with Gasteiger partial charge in [0.05, 0.1) is 7.99 Å². The Hall–Kier alpha value is 2.11. The third-order valence-corrected chi connectivity index (χ3v) is 37.8. The molecule has 158 valence electrons. The molecule has 26 heavy (non-hydrogen) atoms. The fourth-order valence-electron chi connectivity index (χ4n) is 3.90. The molecule has 0 aromatic rings. The molecule has 0 bridgehead atoms. The molecule has 0 fully saturated rings. The zero-order valence-corrected chi connectivity index (χ0v) is 25.1. The molecule has 0 amide bonds. The van der Waals surface area contributed by atoms with Gasteiger partial charge in [-0.25, -0.2) is 0 Å². The van der Waals surface area contributed by atoms with Crippen molar-refractivity contribution in [3.05, 3.63) is 0 Å². The lowest BCUT2D eigenvalue weighted by Crippen LogP contribution is -2.67. The second-order valence-corrected chi connectivity index (χ2v) is 33.5. The van der Waals surface area contributed by atoms with E-state index in [9.17, 15) is 19.2 Å². The van der Waals surface area contributed by atoms with E-state index in [2.05, 4.69) is 0 Å². The first-order chi connectivity index (χ1) is 11.3. The summed E-state index contributed by atoms with van der Waals surface area (Å²) in [4.78, 5) is 43.7. The van der Waals surface area contributed by atoms with Crippen LogP contribution in [0.15, 0.2) is 0 Å². The van der Waals surface area contributed by atoms with Crippen LogP contribution in [0.3, 0.4) is 0 Å². The number of hydrogen-bond acceptors (Lipinski definition) is 8. The van der Waals surface area contributed by atoms with E-state index in [-0.39, 0.29) is 0 Å². The summed E-state index contributed by atoms with van der Waals surface area (Å²) in [5, 5.41) is 0. The van der Waals surface area contributed by atoms with Gasteiger partial charge < -0.3 is 19.2 Å². The molecule has 0 radical (unpaired) electrons. The zero-order valence-electron chi connectivity index (χ0n) is 17.8. The molecule has 0 heterocycles. The molecule has 0 aromatic carbocycles. The number of hydrogen-bond donors (Lipinski definition) is 4.